The summed E-state index contributed by atoms with van der Waals surface area (Å²) in [7, 11) is 0. The molecule has 0 fully saturated rings. The Bertz CT molecular complexity index is 1150. The van der Waals surface area contributed by atoms with Crippen LogP contribution in [0.1, 0.15) is 66.4 Å². The van der Waals surface area contributed by atoms with Crippen LogP contribution in [0.25, 0.3) is 5.69 Å². The number of hydrogen-bond acceptors (Lipinski definition) is 5. The highest BCUT2D eigenvalue weighted by atomic mass is 19.4. The molecule has 6 nitrogen and oxygen atoms in total. The Morgan fingerprint density at radius 2 is 1.76 bits per heavy atom. The highest BCUT2D eigenvalue weighted by Crippen LogP contribution is 2.33. The molecular formula is C25H25F3N2O4. The zero-order valence-corrected chi connectivity index (χ0v) is 19.1. The zero-order chi connectivity index (χ0) is 24.9. The van der Waals surface area contributed by atoms with Crippen molar-refractivity contribution in [3.63, 3.8) is 0 Å². The normalized spacial score (nSPS) is 12.3. The summed E-state index contributed by atoms with van der Waals surface area (Å²) in [4.78, 5) is 24.7. The monoisotopic (exact) mass is 474 g/mol. The molecule has 180 valence electrons. The molecular weight excluding hydrogens is 449 g/mol. The number of unbranched alkanes of at least 4 members (excludes halogenated alkanes) is 1. The van der Waals surface area contributed by atoms with Gasteiger partial charge in [0.2, 0.25) is 5.88 Å². The summed E-state index contributed by atoms with van der Waals surface area (Å²) in [6.45, 7) is 5.10. The largest absolute Gasteiger partial charge is 0.458 e. The highest BCUT2D eigenvalue weighted by molar-refractivity contribution is 5.92. The predicted molar refractivity (Wildman–Crippen MR) is 119 cm³/mol. The maximum Gasteiger partial charge on any atom is 0.435 e. The number of halogens is 3. The number of ether oxygens (including phenoxy) is 2. The van der Waals surface area contributed by atoms with Crippen molar-refractivity contribution in [2.24, 2.45) is 0 Å². The fraction of sp³-hybridized carbons (Fsp3) is 0.320. The van der Waals surface area contributed by atoms with E-state index in [1.165, 1.54) is 13.0 Å². The van der Waals surface area contributed by atoms with Gasteiger partial charge in [0.1, 0.15) is 6.10 Å². The third-order valence-corrected chi connectivity index (χ3v) is 5.10. The quantitative estimate of drug-likeness (QED) is 0.363. The van der Waals surface area contributed by atoms with E-state index in [9.17, 15) is 22.8 Å². The lowest BCUT2D eigenvalue weighted by Gasteiger charge is -2.19. The SMILES string of the molecule is CCCCC(OC(C)=O)c1ccccc1C(=O)Oc1cc(C(F)(F)F)nn1-c1ccc(C)cc1. The van der Waals surface area contributed by atoms with E-state index >= 15 is 0 Å². The fourth-order valence-electron chi connectivity index (χ4n) is 3.43. The molecule has 9 heteroatoms. The van der Waals surface area contributed by atoms with E-state index in [0.29, 0.717) is 23.7 Å². The topological polar surface area (TPSA) is 70.4 Å². The predicted octanol–water partition coefficient (Wildman–Crippen LogP) is 6.21. The van der Waals surface area contributed by atoms with Gasteiger partial charge >= 0.3 is 18.1 Å². The number of rotatable bonds is 8. The average molecular weight is 474 g/mol. The Morgan fingerprint density at radius 3 is 2.38 bits per heavy atom. The molecule has 0 N–H and O–H groups in total. The maximum atomic E-state index is 13.4. The Kier molecular flexibility index (Phi) is 7.75. The molecule has 1 unspecified atom stereocenters. The number of nitrogens with zero attached hydrogens (tertiary/aromatic N) is 2. The number of aromatic nitrogens is 2. The molecule has 1 aromatic heterocycles. The van der Waals surface area contributed by atoms with Gasteiger partial charge in [-0.25, -0.2) is 9.48 Å². The summed E-state index contributed by atoms with van der Waals surface area (Å²) < 4.78 is 51.9. The minimum absolute atomic E-state index is 0.0927. The van der Waals surface area contributed by atoms with Crippen LogP contribution in [0.2, 0.25) is 0 Å². The van der Waals surface area contributed by atoms with Crippen molar-refractivity contribution in [1.82, 2.24) is 9.78 Å². The molecule has 34 heavy (non-hydrogen) atoms. The van der Waals surface area contributed by atoms with E-state index in [2.05, 4.69) is 5.10 Å². The number of hydrogen-bond donors (Lipinski definition) is 0. The van der Waals surface area contributed by atoms with Crippen LogP contribution in [0.3, 0.4) is 0 Å². The van der Waals surface area contributed by atoms with Gasteiger partial charge < -0.3 is 9.47 Å². The van der Waals surface area contributed by atoms with Crippen molar-refractivity contribution in [3.8, 4) is 11.6 Å². The summed E-state index contributed by atoms with van der Waals surface area (Å²) >= 11 is 0. The van der Waals surface area contributed by atoms with Gasteiger partial charge in [0, 0.05) is 18.6 Å². The van der Waals surface area contributed by atoms with Crippen molar-refractivity contribution < 1.29 is 32.2 Å². The molecule has 2 aromatic carbocycles. The minimum atomic E-state index is -4.73. The van der Waals surface area contributed by atoms with Gasteiger partial charge in [0.25, 0.3) is 0 Å². The first-order valence-corrected chi connectivity index (χ1v) is 10.8. The molecule has 1 atom stereocenters. The van der Waals surface area contributed by atoms with Gasteiger partial charge in [-0.15, -0.1) is 0 Å². The molecule has 3 aromatic rings. The first-order valence-electron chi connectivity index (χ1n) is 10.8. The van der Waals surface area contributed by atoms with Gasteiger partial charge in [-0.2, -0.15) is 18.3 Å². The molecule has 0 amide bonds. The van der Waals surface area contributed by atoms with Gasteiger partial charge in [0.15, 0.2) is 5.69 Å². The molecule has 0 spiro atoms. The van der Waals surface area contributed by atoms with Crippen molar-refractivity contribution >= 4 is 11.9 Å². The third kappa shape index (κ3) is 6.03. The molecule has 3 rings (SSSR count). The fourth-order valence-corrected chi connectivity index (χ4v) is 3.43. The standard InChI is InChI=1S/C25H25F3N2O4/c1-4-5-10-21(33-17(3)31)19-8-6-7-9-20(19)24(32)34-23-15-22(25(26,27)28)29-30(23)18-13-11-16(2)12-14-18/h6-9,11-15,21H,4-5,10H2,1-3H3. The number of esters is 2. The Hall–Kier alpha value is -3.62. The number of aryl methyl sites for hydroxylation is 1. The summed E-state index contributed by atoms with van der Waals surface area (Å²) in [5.74, 6) is -1.77. The van der Waals surface area contributed by atoms with Gasteiger partial charge in [0.05, 0.1) is 11.3 Å². The lowest BCUT2D eigenvalue weighted by atomic mass is 9.98. The molecule has 0 radical (unpaired) electrons. The molecule has 0 aliphatic heterocycles. The van der Waals surface area contributed by atoms with E-state index in [4.69, 9.17) is 9.47 Å². The highest BCUT2D eigenvalue weighted by Gasteiger charge is 2.36. The molecule has 0 aliphatic rings. The molecule has 0 saturated carbocycles. The van der Waals surface area contributed by atoms with E-state index in [1.54, 1.807) is 42.5 Å². The number of benzene rings is 2. The van der Waals surface area contributed by atoms with E-state index in [1.807, 2.05) is 13.8 Å². The van der Waals surface area contributed by atoms with Crippen LogP contribution in [0.4, 0.5) is 13.2 Å². The van der Waals surface area contributed by atoms with Gasteiger partial charge in [-0.1, -0.05) is 49.2 Å². The van der Waals surface area contributed by atoms with Crippen molar-refractivity contribution in [1.29, 1.82) is 0 Å². The molecule has 0 bridgehead atoms. The zero-order valence-electron chi connectivity index (χ0n) is 19.1. The summed E-state index contributed by atoms with van der Waals surface area (Å²) in [6, 6.07) is 13.7. The van der Waals surface area contributed by atoms with Crippen LogP contribution in [-0.4, -0.2) is 21.7 Å². The van der Waals surface area contributed by atoms with Crippen molar-refractivity contribution in [2.45, 2.75) is 52.3 Å². The number of carbonyl (C=O) groups excluding carboxylic acids is 2. The first kappa shape index (κ1) is 25.0. The summed E-state index contributed by atoms with van der Waals surface area (Å²) in [5.41, 5.74) is 0.537. The first-order chi connectivity index (χ1) is 16.1. The lowest BCUT2D eigenvalue weighted by molar-refractivity contribution is -0.147. The van der Waals surface area contributed by atoms with Crippen LogP contribution in [0, 0.1) is 6.92 Å². The second kappa shape index (κ2) is 10.5. The second-order valence-corrected chi connectivity index (χ2v) is 7.83. The lowest BCUT2D eigenvalue weighted by Crippen LogP contribution is -2.17. The Labute approximate surface area is 195 Å². The van der Waals surface area contributed by atoms with E-state index in [0.717, 1.165) is 23.1 Å². The van der Waals surface area contributed by atoms with E-state index in [-0.39, 0.29) is 11.4 Å². The summed E-state index contributed by atoms with van der Waals surface area (Å²) in [6.07, 6.45) is -3.33. The second-order valence-electron chi connectivity index (χ2n) is 7.83. The van der Waals surface area contributed by atoms with Crippen LogP contribution < -0.4 is 4.74 Å². The van der Waals surface area contributed by atoms with Crippen molar-refractivity contribution in [2.75, 3.05) is 0 Å². The van der Waals surface area contributed by atoms with Crippen LogP contribution in [0.15, 0.2) is 54.6 Å². The number of alkyl halides is 3. The smallest absolute Gasteiger partial charge is 0.435 e. The van der Waals surface area contributed by atoms with Gasteiger partial charge in [-0.3, -0.25) is 4.79 Å². The van der Waals surface area contributed by atoms with Crippen LogP contribution >= 0.6 is 0 Å². The Morgan fingerprint density at radius 1 is 1.09 bits per heavy atom. The van der Waals surface area contributed by atoms with E-state index < -0.39 is 29.9 Å². The van der Waals surface area contributed by atoms with Gasteiger partial charge in [-0.05, 0) is 38.0 Å². The van der Waals surface area contributed by atoms with Crippen molar-refractivity contribution in [3.05, 3.63) is 77.0 Å². The minimum Gasteiger partial charge on any atom is -0.458 e. The molecule has 0 saturated heterocycles. The average Bonchev–Trinajstić information content (AvgIpc) is 3.21. The summed E-state index contributed by atoms with van der Waals surface area (Å²) in [5, 5.41) is 3.61. The Balaban J connectivity index is 1.99. The molecule has 0 aliphatic carbocycles. The van der Waals surface area contributed by atoms with Crippen LogP contribution in [-0.2, 0) is 15.7 Å². The van der Waals surface area contributed by atoms with Crippen LogP contribution in [0.5, 0.6) is 5.88 Å². The number of carbonyl (C=O) groups is 2. The third-order valence-electron chi connectivity index (χ3n) is 5.10. The molecule has 1 heterocycles. The maximum absolute atomic E-state index is 13.4.